The summed E-state index contributed by atoms with van der Waals surface area (Å²) >= 11 is 0. The quantitative estimate of drug-likeness (QED) is 0.0834. The molecule has 0 aromatic heterocycles. The summed E-state index contributed by atoms with van der Waals surface area (Å²) in [5.41, 5.74) is 0. The maximum Gasteiger partial charge on any atom is 0.362 e. The van der Waals surface area contributed by atoms with Crippen LogP contribution in [0.5, 0.6) is 0 Å². The summed E-state index contributed by atoms with van der Waals surface area (Å²) in [5, 5.41) is 8.56. The van der Waals surface area contributed by atoms with Gasteiger partial charge < -0.3 is 19.4 Å². The van der Waals surface area contributed by atoms with Gasteiger partial charge >= 0.3 is 7.60 Å². The molecule has 0 aliphatic rings. The summed E-state index contributed by atoms with van der Waals surface area (Å²) in [4.78, 5) is 19.1. The lowest BCUT2D eigenvalue weighted by Crippen LogP contribution is -2.49. The molecule has 0 aliphatic carbocycles. The average Bonchev–Trinajstić information content (AvgIpc) is 2.65. The molecule has 3 N–H and O–H groups in total. The van der Waals surface area contributed by atoms with Crippen molar-refractivity contribution in [2.75, 3.05) is 27.7 Å². The van der Waals surface area contributed by atoms with E-state index in [4.69, 9.17) is 0 Å². The Balaban J connectivity index is 3.77. The van der Waals surface area contributed by atoms with Gasteiger partial charge in [-0.25, -0.2) is 0 Å². The first-order chi connectivity index (χ1) is 14.5. The summed E-state index contributed by atoms with van der Waals surface area (Å²) in [6.45, 7) is 2.29. The van der Waals surface area contributed by atoms with E-state index in [1.807, 2.05) is 21.1 Å². The molecule has 31 heavy (non-hydrogen) atoms. The van der Waals surface area contributed by atoms with E-state index in [1.165, 1.54) is 64.2 Å². The third kappa shape index (κ3) is 17.7. The van der Waals surface area contributed by atoms with Crippen LogP contribution in [0.15, 0.2) is 24.3 Å². The molecule has 0 saturated heterocycles. The molecule has 0 aromatic rings. The summed E-state index contributed by atoms with van der Waals surface area (Å²) in [6, 6.07) is 0. The summed E-state index contributed by atoms with van der Waals surface area (Å²) < 4.78 is 12.1. The molecule has 1 atom stereocenters. The highest BCUT2D eigenvalue weighted by molar-refractivity contribution is 7.53. The lowest BCUT2D eigenvalue weighted by molar-refractivity contribution is -0.875. The molecule has 0 amide bonds. The van der Waals surface area contributed by atoms with Crippen LogP contribution >= 0.6 is 7.60 Å². The van der Waals surface area contributed by atoms with Gasteiger partial charge in [-0.1, -0.05) is 82.6 Å². The van der Waals surface area contributed by atoms with Crippen molar-refractivity contribution in [1.29, 1.82) is 0 Å². The van der Waals surface area contributed by atoms with Crippen molar-refractivity contribution in [2.45, 2.75) is 109 Å². The fourth-order valence-corrected chi connectivity index (χ4v) is 4.87. The number of aliphatic hydroxyl groups is 1. The second kappa shape index (κ2) is 17.1. The van der Waals surface area contributed by atoms with E-state index in [0.29, 0.717) is 10.9 Å². The molecular weight excluding hydrogens is 409 g/mol. The zero-order valence-corrected chi connectivity index (χ0v) is 21.7. The minimum Gasteiger partial charge on any atom is -0.373 e. The zero-order chi connectivity index (χ0) is 23.6. The van der Waals surface area contributed by atoms with E-state index in [9.17, 15) is 19.5 Å². The highest BCUT2D eigenvalue weighted by Crippen LogP contribution is 2.52. The van der Waals surface area contributed by atoms with Crippen molar-refractivity contribution in [2.24, 2.45) is 0 Å². The van der Waals surface area contributed by atoms with Crippen LogP contribution in [-0.4, -0.2) is 52.4 Å². The van der Waals surface area contributed by atoms with Crippen LogP contribution in [0.3, 0.4) is 0 Å². The summed E-state index contributed by atoms with van der Waals surface area (Å²) in [7, 11) is 0.899. The van der Waals surface area contributed by atoms with E-state index in [0.717, 1.165) is 19.3 Å². The van der Waals surface area contributed by atoms with Gasteiger partial charge in [0.1, 0.15) is 6.54 Å². The minimum absolute atomic E-state index is 0.0325. The van der Waals surface area contributed by atoms with Crippen LogP contribution in [0.4, 0.5) is 0 Å². The first kappa shape index (κ1) is 30.6. The number of rotatable bonds is 20. The van der Waals surface area contributed by atoms with Crippen molar-refractivity contribution >= 4 is 7.60 Å². The summed E-state index contributed by atoms with van der Waals surface area (Å²) in [5.74, 6) is 0. The SMILES string of the molecule is CCCCCCCCCCC/C=C\CC/C=C\CCCC(O)(C[N+](C)(C)C)P(=O)(O)O. The first-order valence-corrected chi connectivity index (χ1v) is 14.0. The fraction of sp³-hybridized carbons (Fsp3) is 0.840. The molecule has 5 nitrogen and oxygen atoms in total. The van der Waals surface area contributed by atoms with Gasteiger partial charge in [-0.3, -0.25) is 4.57 Å². The van der Waals surface area contributed by atoms with Crippen molar-refractivity contribution in [3.63, 3.8) is 0 Å². The highest BCUT2D eigenvalue weighted by Gasteiger charge is 2.48. The molecular formula is C25H51NO4P+. The van der Waals surface area contributed by atoms with Gasteiger partial charge in [0.2, 0.25) is 5.34 Å². The van der Waals surface area contributed by atoms with Crippen molar-refractivity contribution in [3.05, 3.63) is 24.3 Å². The lowest BCUT2D eigenvalue weighted by Gasteiger charge is -2.35. The predicted octanol–water partition coefficient (Wildman–Crippen LogP) is 6.54. The minimum atomic E-state index is -4.57. The Kier molecular flexibility index (Phi) is 16.8. The maximum atomic E-state index is 11.8. The second-order valence-corrected chi connectivity index (χ2v) is 11.9. The Hall–Kier alpha value is -0.450. The molecule has 0 aliphatic heterocycles. The Morgan fingerprint density at radius 2 is 1.13 bits per heavy atom. The smallest absolute Gasteiger partial charge is 0.362 e. The number of likely N-dealkylation sites (N-methyl/N-ethyl adjacent to an activating group) is 1. The third-order valence-corrected chi connectivity index (χ3v) is 6.97. The van der Waals surface area contributed by atoms with Crippen LogP contribution in [0.1, 0.15) is 103 Å². The van der Waals surface area contributed by atoms with Crippen LogP contribution < -0.4 is 0 Å². The molecule has 6 heteroatoms. The van der Waals surface area contributed by atoms with Crippen LogP contribution in [-0.2, 0) is 4.57 Å². The second-order valence-electron chi connectivity index (χ2n) is 10.0. The largest absolute Gasteiger partial charge is 0.373 e. The van der Waals surface area contributed by atoms with E-state index in [1.54, 1.807) is 0 Å². The van der Waals surface area contributed by atoms with Gasteiger partial charge in [-0.15, -0.1) is 0 Å². The maximum absolute atomic E-state index is 11.8. The number of hydrogen-bond acceptors (Lipinski definition) is 2. The molecule has 184 valence electrons. The molecule has 1 unspecified atom stereocenters. The normalized spacial score (nSPS) is 15.2. The third-order valence-electron chi connectivity index (χ3n) is 5.53. The zero-order valence-electron chi connectivity index (χ0n) is 20.8. The number of quaternary nitrogens is 1. The van der Waals surface area contributed by atoms with E-state index < -0.39 is 12.9 Å². The number of unbranched alkanes of at least 4 members (excludes halogenated alkanes) is 11. The van der Waals surface area contributed by atoms with E-state index >= 15 is 0 Å². The van der Waals surface area contributed by atoms with Crippen molar-refractivity contribution in [1.82, 2.24) is 0 Å². The highest BCUT2D eigenvalue weighted by atomic mass is 31.2. The van der Waals surface area contributed by atoms with Crippen molar-refractivity contribution in [3.8, 4) is 0 Å². The Morgan fingerprint density at radius 1 is 0.710 bits per heavy atom. The van der Waals surface area contributed by atoms with Crippen LogP contribution in [0, 0.1) is 0 Å². The number of hydrogen-bond donors (Lipinski definition) is 3. The molecule has 0 spiro atoms. The molecule has 0 fully saturated rings. The van der Waals surface area contributed by atoms with Gasteiger partial charge in [-0.2, -0.15) is 0 Å². The first-order valence-electron chi connectivity index (χ1n) is 12.4. The van der Waals surface area contributed by atoms with Gasteiger partial charge in [0, 0.05) is 0 Å². The lowest BCUT2D eigenvalue weighted by atomic mass is 10.1. The molecule has 0 rings (SSSR count). The topological polar surface area (TPSA) is 77.8 Å². The Morgan fingerprint density at radius 3 is 1.58 bits per heavy atom. The van der Waals surface area contributed by atoms with Crippen LogP contribution in [0.2, 0.25) is 0 Å². The van der Waals surface area contributed by atoms with Gasteiger partial charge in [-0.05, 0) is 44.9 Å². The van der Waals surface area contributed by atoms with Crippen molar-refractivity contribution < 1.29 is 23.9 Å². The summed E-state index contributed by atoms with van der Waals surface area (Å²) in [6.07, 6.45) is 25.6. The predicted molar refractivity (Wildman–Crippen MR) is 133 cm³/mol. The molecule has 0 aromatic carbocycles. The van der Waals surface area contributed by atoms with Crippen LogP contribution in [0.25, 0.3) is 0 Å². The number of allylic oxidation sites excluding steroid dienone is 4. The molecule has 0 bridgehead atoms. The molecule has 0 heterocycles. The van der Waals surface area contributed by atoms with E-state index in [2.05, 4.69) is 31.2 Å². The fourth-order valence-electron chi connectivity index (χ4n) is 3.82. The van der Waals surface area contributed by atoms with E-state index in [-0.39, 0.29) is 13.0 Å². The van der Waals surface area contributed by atoms with Gasteiger partial charge in [0.25, 0.3) is 0 Å². The number of nitrogens with zero attached hydrogens (tertiary/aromatic N) is 1. The monoisotopic (exact) mass is 460 g/mol. The van der Waals surface area contributed by atoms with Gasteiger partial charge in [0.05, 0.1) is 21.1 Å². The standard InChI is InChI=1S/C25H50NO4P/c1-5-6-7-8-9-10-11-12-13-14-15-16-17-18-19-20-21-22-23-25(27,31(28,29)30)24-26(2,3)4/h15-16,19-20,27H,5-14,17-18,21-24H2,1-4H3,(H-,28,29,30)/p+1/b16-15-,20-19-. The average molecular weight is 461 g/mol. The molecule has 0 radical (unpaired) electrons. The Labute approximate surface area is 192 Å². The Bertz CT molecular complexity index is 536. The molecule has 0 saturated carbocycles. The van der Waals surface area contributed by atoms with Gasteiger partial charge in [0.15, 0.2) is 0 Å².